The van der Waals surface area contributed by atoms with Crippen LogP contribution in [0.25, 0.3) is 0 Å². The van der Waals surface area contributed by atoms with Crippen LogP contribution in [0.4, 0.5) is 5.69 Å². The van der Waals surface area contributed by atoms with Gasteiger partial charge in [0.25, 0.3) is 5.91 Å². The lowest BCUT2D eigenvalue weighted by atomic mass is 10.2. The van der Waals surface area contributed by atoms with Crippen LogP contribution in [-0.4, -0.2) is 50.3 Å². The summed E-state index contributed by atoms with van der Waals surface area (Å²) in [6, 6.07) is 6.09. The van der Waals surface area contributed by atoms with Gasteiger partial charge in [0, 0.05) is 24.3 Å². The van der Waals surface area contributed by atoms with E-state index in [9.17, 15) is 13.2 Å². The van der Waals surface area contributed by atoms with Gasteiger partial charge in [-0.3, -0.25) is 9.52 Å². The lowest BCUT2D eigenvalue weighted by Crippen LogP contribution is -2.33. The highest BCUT2D eigenvalue weighted by atomic mass is 32.2. The summed E-state index contributed by atoms with van der Waals surface area (Å²) < 4.78 is 24.5. The van der Waals surface area contributed by atoms with Crippen molar-refractivity contribution in [1.82, 2.24) is 4.90 Å². The zero-order chi connectivity index (χ0) is 15.2. The van der Waals surface area contributed by atoms with Crippen LogP contribution < -0.4 is 4.72 Å². The zero-order valence-corrected chi connectivity index (χ0v) is 12.1. The van der Waals surface area contributed by atoms with Crippen LogP contribution >= 0.6 is 0 Å². The van der Waals surface area contributed by atoms with Crippen LogP contribution in [0.2, 0.25) is 0 Å². The third-order valence-corrected chi connectivity index (χ3v) is 3.05. The number of carbonyl (C=O) groups is 1. The van der Waals surface area contributed by atoms with Crippen molar-refractivity contribution in [2.45, 2.75) is 0 Å². The molecular weight excluding hydrogens is 280 g/mol. The first-order valence-corrected chi connectivity index (χ1v) is 7.85. The van der Waals surface area contributed by atoms with E-state index in [1.807, 2.05) is 0 Å². The van der Waals surface area contributed by atoms with Crippen LogP contribution in [-0.2, 0) is 10.0 Å². The maximum Gasteiger partial charge on any atom is 0.254 e. The number of benzene rings is 1. The van der Waals surface area contributed by atoms with Gasteiger partial charge in [0.1, 0.15) is 0 Å². The molecule has 0 saturated heterocycles. The molecule has 0 spiro atoms. The normalized spacial score (nSPS) is 10.9. The maximum atomic E-state index is 12.1. The summed E-state index contributed by atoms with van der Waals surface area (Å²) in [6.45, 7) is 3.98. The smallest absolute Gasteiger partial charge is 0.254 e. The molecular formula is C13H18N2O4S. The number of anilines is 1. The van der Waals surface area contributed by atoms with Crippen molar-refractivity contribution in [3.8, 4) is 0 Å². The molecule has 0 aliphatic heterocycles. The Morgan fingerprint density at radius 3 is 2.45 bits per heavy atom. The predicted octanol–water partition coefficient (Wildman–Crippen LogP) is 0.679. The van der Waals surface area contributed by atoms with Gasteiger partial charge in [-0.05, 0) is 24.3 Å². The third-order valence-electron chi connectivity index (χ3n) is 2.44. The van der Waals surface area contributed by atoms with Gasteiger partial charge in [-0.15, -0.1) is 6.58 Å². The van der Waals surface area contributed by atoms with Crippen LogP contribution in [0.3, 0.4) is 0 Å². The number of hydrogen-bond donors (Lipinski definition) is 2. The number of aliphatic hydroxyl groups excluding tert-OH is 1. The number of amides is 1. The second-order valence-corrected chi connectivity index (χ2v) is 5.96. The molecule has 0 aliphatic carbocycles. The molecule has 6 nitrogen and oxygen atoms in total. The largest absolute Gasteiger partial charge is 0.395 e. The molecule has 0 heterocycles. The van der Waals surface area contributed by atoms with Gasteiger partial charge < -0.3 is 10.0 Å². The van der Waals surface area contributed by atoms with Gasteiger partial charge in [0.2, 0.25) is 10.0 Å². The zero-order valence-electron chi connectivity index (χ0n) is 11.2. The first-order chi connectivity index (χ1) is 9.37. The Hall–Kier alpha value is -1.86. The first kappa shape index (κ1) is 16.2. The lowest BCUT2D eigenvalue weighted by molar-refractivity contribution is 0.0743. The Bertz CT molecular complexity index is 567. The molecule has 110 valence electrons. The molecule has 1 aromatic carbocycles. The summed E-state index contributed by atoms with van der Waals surface area (Å²) >= 11 is 0. The highest BCUT2D eigenvalue weighted by molar-refractivity contribution is 7.92. The SMILES string of the molecule is C=CCN(CCO)C(=O)c1ccc(NS(C)(=O)=O)cc1. The van der Waals surface area contributed by atoms with E-state index >= 15 is 0 Å². The van der Waals surface area contributed by atoms with Crippen molar-refractivity contribution >= 4 is 21.6 Å². The van der Waals surface area contributed by atoms with E-state index in [4.69, 9.17) is 5.11 Å². The minimum absolute atomic E-state index is 0.132. The molecule has 0 radical (unpaired) electrons. The van der Waals surface area contributed by atoms with E-state index in [0.29, 0.717) is 17.8 Å². The molecule has 0 atom stereocenters. The second-order valence-electron chi connectivity index (χ2n) is 4.22. The summed E-state index contributed by atoms with van der Waals surface area (Å²) in [6.07, 6.45) is 2.63. The first-order valence-electron chi connectivity index (χ1n) is 5.96. The van der Waals surface area contributed by atoms with Gasteiger partial charge in [-0.25, -0.2) is 8.42 Å². The monoisotopic (exact) mass is 298 g/mol. The fourth-order valence-electron chi connectivity index (χ4n) is 1.63. The molecule has 0 aliphatic rings. The molecule has 0 unspecified atom stereocenters. The number of rotatable bonds is 7. The Morgan fingerprint density at radius 1 is 1.40 bits per heavy atom. The summed E-state index contributed by atoms with van der Waals surface area (Å²) in [7, 11) is -3.34. The minimum atomic E-state index is -3.34. The predicted molar refractivity (Wildman–Crippen MR) is 78.1 cm³/mol. The summed E-state index contributed by atoms with van der Waals surface area (Å²) in [5.41, 5.74) is 0.806. The van der Waals surface area contributed by atoms with E-state index in [1.54, 1.807) is 6.08 Å². The van der Waals surface area contributed by atoms with Crippen molar-refractivity contribution in [3.63, 3.8) is 0 Å². The fraction of sp³-hybridized carbons (Fsp3) is 0.308. The fourth-order valence-corrected chi connectivity index (χ4v) is 2.19. The van der Waals surface area contributed by atoms with E-state index in [1.165, 1.54) is 29.2 Å². The minimum Gasteiger partial charge on any atom is -0.395 e. The van der Waals surface area contributed by atoms with Crippen LogP contribution in [0.15, 0.2) is 36.9 Å². The number of aliphatic hydroxyl groups is 1. The Morgan fingerprint density at radius 2 is 2.00 bits per heavy atom. The molecule has 2 N–H and O–H groups in total. The topological polar surface area (TPSA) is 86.7 Å². The quantitative estimate of drug-likeness (QED) is 0.725. The van der Waals surface area contributed by atoms with E-state index in [-0.39, 0.29) is 19.1 Å². The van der Waals surface area contributed by atoms with Gasteiger partial charge in [0.05, 0.1) is 12.9 Å². The number of carbonyl (C=O) groups excluding carboxylic acids is 1. The standard InChI is InChI=1S/C13H18N2O4S/c1-3-8-15(9-10-16)13(17)11-4-6-12(7-5-11)14-20(2,18)19/h3-7,14,16H,1,8-10H2,2H3. The molecule has 0 saturated carbocycles. The highest BCUT2D eigenvalue weighted by Crippen LogP contribution is 2.12. The molecule has 0 fully saturated rings. The van der Waals surface area contributed by atoms with Gasteiger partial charge in [-0.1, -0.05) is 6.08 Å². The molecule has 1 aromatic rings. The molecule has 1 amide bonds. The number of nitrogens with zero attached hydrogens (tertiary/aromatic N) is 1. The van der Waals surface area contributed by atoms with Gasteiger partial charge in [-0.2, -0.15) is 0 Å². The summed E-state index contributed by atoms with van der Waals surface area (Å²) in [4.78, 5) is 13.6. The van der Waals surface area contributed by atoms with E-state index in [2.05, 4.69) is 11.3 Å². The van der Waals surface area contributed by atoms with Crippen LogP contribution in [0.1, 0.15) is 10.4 Å². The van der Waals surface area contributed by atoms with Crippen LogP contribution in [0.5, 0.6) is 0 Å². The maximum absolute atomic E-state index is 12.1. The van der Waals surface area contributed by atoms with Gasteiger partial charge >= 0.3 is 0 Å². The van der Waals surface area contributed by atoms with E-state index in [0.717, 1.165) is 6.26 Å². The molecule has 0 bridgehead atoms. The Kier molecular flexibility index (Phi) is 5.72. The number of sulfonamides is 1. The second kappa shape index (κ2) is 7.06. The van der Waals surface area contributed by atoms with Crippen molar-refractivity contribution in [2.24, 2.45) is 0 Å². The number of nitrogens with one attached hydrogen (secondary N) is 1. The average Bonchev–Trinajstić information content (AvgIpc) is 2.37. The van der Waals surface area contributed by atoms with E-state index < -0.39 is 10.0 Å². The average molecular weight is 298 g/mol. The summed E-state index contributed by atoms with van der Waals surface area (Å²) in [5, 5.41) is 8.93. The molecule has 7 heteroatoms. The third kappa shape index (κ3) is 5.02. The van der Waals surface area contributed by atoms with Crippen molar-refractivity contribution in [1.29, 1.82) is 0 Å². The number of hydrogen-bond acceptors (Lipinski definition) is 4. The summed E-state index contributed by atoms with van der Waals surface area (Å²) in [5.74, 6) is -0.246. The highest BCUT2D eigenvalue weighted by Gasteiger charge is 2.14. The van der Waals surface area contributed by atoms with Crippen molar-refractivity contribution < 1.29 is 18.3 Å². The molecule has 20 heavy (non-hydrogen) atoms. The molecule has 1 rings (SSSR count). The van der Waals surface area contributed by atoms with Crippen molar-refractivity contribution in [2.75, 3.05) is 30.7 Å². The van der Waals surface area contributed by atoms with Gasteiger partial charge in [0.15, 0.2) is 0 Å². The van der Waals surface area contributed by atoms with Crippen molar-refractivity contribution in [3.05, 3.63) is 42.5 Å². The molecule has 0 aromatic heterocycles. The Labute approximate surface area is 118 Å². The Balaban J connectivity index is 2.86. The lowest BCUT2D eigenvalue weighted by Gasteiger charge is -2.20. The van der Waals surface area contributed by atoms with Crippen LogP contribution in [0, 0.1) is 0 Å².